The van der Waals surface area contributed by atoms with Crippen LogP contribution in [0.15, 0.2) is 18.2 Å². The van der Waals surface area contributed by atoms with Gasteiger partial charge in [-0.1, -0.05) is 17.9 Å². The van der Waals surface area contributed by atoms with Gasteiger partial charge in [0.1, 0.15) is 12.2 Å². The average molecular weight is 204 g/mol. The molecule has 0 saturated heterocycles. The Labute approximate surface area is 88.7 Å². The van der Waals surface area contributed by atoms with Crippen molar-refractivity contribution in [3.05, 3.63) is 29.3 Å². The number of carbonyl (C=O) groups excluding carboxylic acids is 1. The van der Waals surface area contributed by atoms with Gasteiger partial charge in [0.05, 0.1) is 12.7 Å². The summed E-state index contributed by atoms with van der Waals surface area (Å²) < 4.78 is 4.43. The number of phenolic OH excluding ortho intramolecular Hbond substituents is 1. The van der Waals surface area contributed by atoms with Gasteiger partial charge in [0.2, 0.25) is 0 Å². The van der Waals surface area contributed by atoms with Gasteiger partial charge in [0.25, 0.3) is 0 Å². The van der Waals surface area contributed by atoms with Crippen molar-refractivity contribution in [1.82, 2.24) is 0 Å². The van der Waals surface area contributed by atoms with E-state index in [2.05, 4.69) is 16.6 Å². The second kappa shape index (κ2) is 5.06. The molecule has 0 atom stereocenters. The van der Waals surface area contributed by atoms with Crippen molar-refractivity contribution in [3.63, 3.8) is 0 Å². The fourth-order valence-corrected chi connectivity index (χ4v) is 1.03. The van der Waals surface area contributed by atoms with Gasteiger partial charge in [-0.05, 0) is 24.6 Å². The van der Waals surface area contributed by atoms with E-state index in [4.69, 9.17) is 0 Å². The minimum Gasteiger partial charge on any atom is -0.507 e. The third kappa shape index (κ3) is 3.35. The molecular weight excluding hydrogens is 192 g/mol. The lowest BCUT2D eigenvalue weighted by atomic mass is 10.1. The number of rotatable bonds is 1. The zero-order valence-electron chi connectivity index (χ0n) is 8.70. The lowest BCUT2D eigenvalue weighted by molar-refractivity contribution is -0.139. The quantitative estimate of drug-likeness (QED) is 0.558. The molecule has 0 spiro atoms. The number of methoxy groups -OCH3 is 1. The van der Waals surface area contributed by atoms with Gasteiger partial charge >= 0.3 is 5.97 Å². The first-order valence-corrected chi connectivity index (χ1v) is 4.49. The summed E-state index contributed by atoms with van der Waals surface area (Å²) in [7, 11) is 1.31. The van der Waals surface area contributed by atoms with E-state index >= 15 is 0 Å². The third-order valence-electron chi connectivity index (χ3n) is 1.84. The Morgan fingerprint density at radius 1 is 1.53 bits per heavy atom. The van der Waals surface area contributed by atoms with Gasteiger partial charge in [-0.25, -0.2) is 0 Å². The molecule has 0 bridgehead atoms. The number of phenols is 1. The van der Waals surface area contributed by atoms with E-state index in [1.54, 1.807) is 12.1 Å². The summed E-state index contributed by atoms with van der Waals surface area (Å²) in [6.07, 6.45) is 0.0316. The van der Waals surface area contributed by atoms with Gasteiger partial charge in [0.15, 0.2) is 0 Å². The molecule has 0 radical (unpaired) electrons. The summed E-state index contributed by atoms with van der Waals surface area (Å²) in [6.45, 7) is 1.88. The second-order valence-electron chi connectivity index (χ2n) is 3.08. The Bertz CT molecular complexity index is 424. The number of ether oxygens (including phenoxy) is 1. The van der Waals surface area contributed by atoms with Crippen LogP contribution in [0, 0.1) is 18.8 Å². The molecule has 1 aromatic carbocycles. The number of carbonyl (C=O) groups is 1. The Hall–Kier alpha value is -1.95. The number of hydrogen-bond acceptors (Lipinski definition) is 3. The van der Waals surface area contributed by atoms with Crippen LogP contribution >= 0.6 is 0 Å². The summed E-state index contributed by atoms with van der Waals surface area (Å²) in [5.74, 6) is 5.08. The summed E-state index contributed by atoms with van der Waals surface area (Å²) >= 11 is 0. The standard InChI is InChI=1S/C12H12O3/c1-9-6-7-10(11(13)8-9)4-3-5-12(14)15-2/h6-8,13H,5H2,1-2H3. The molecule has 1 rings (SSSR count). The highest BCUT2D eigenvalue weighted by molar-refractivity contribution is 5.72. The molecule has 78 valence electrons. The second-order valence-corrected chi connectivity index (χ2v) is 3.08. The molecular formula is C12H12O3. The molecule has 1 aromatic rings. The van der Waals surface area contributed by atoms with Crippen LogP contribution in [-0.2, 0) is 9.53 Å². The summed E-state index contributed by atoms with van der Waals surface area (Å²) in [5, 5.41) is 9.50. The molecule has 0 heterocycles. The fraction of sp³-hybridized carbons (Fsp3) is 0.250. The van der Waals surface area contributed by atoms with Crippen molar-refractivity contribution in [2.24, 2.45) is 0 Å². The summed E-state index contributed by atoms with van der Waals surface area (Å²) in [6, 6.07) is 5.19. The highest BCUT2D eigenvalue weighted by Gasteiger charge is 1.98. The van der Waals surface area contributed by atoms with Gasteiger partial charge in [-0.3, -0.25) is 4.79 Å². The largest absolute Gasteiger partial charge is 0.507 e. The maximum Gasteiger partial charge on any atom is 0.317 e. The topological polar surface area (TPSA) is 46.5 Å². The Balaban J connectivity index is 2.76. The van der Waals surface area contributed by atoms with Gasteiger partial charge < -0.3 is 9.84 Å². The highest BCUT2D eigenvalue weighted by Crippen LogP contribution is 2.16. The molecule has 0 aliphatic carbocycles. The van der Waals surface area contributed by atoms with E-state index in [9.17, 15) is 9.90 Å². The van der Waals surface area contributed by atoms with Crippen LogP contribution < -0.4 is 0 Å². The molecule has 0 amide bonds. The summed E-state index contributed by atoms with van der Waals surface area (Å²) in [4.78, 5) is 10.8. The van der Waals surface area contributed by atoms with Crippen LogP contribution in [0.2, 0.25) is 0 Å². The van der Waals surface area contributed by atoms with Crippen molar-refractivity contribution in [1.29, 1.82) is 0 Å². The van der Waals surface area contributed by atoms with E-state index < -0.39 is 0 Å². The van der Waals surface area contributed by atoms with Gasteiger partial charge in [-0.2, -0.15) is 0 Å². The van der Waals surface area contributed by atoms with Crippen molar-refractivity contribution >= 4 is 5.97 Å². The van der Waals surface area contributed by atoms with Crippen LogP contribution in [0.4, 0.5) is 0 Å². The average Bonchev–Trinajstić information content (AvgIpc) is 2.21. The van der Waals surface area contributed by atoms with Crippen LogP contribution in [0.3, 0.4) is 0 Å². The maximum absolute atomic E-state index is 10.8. The number of aromatic hydroxyl groups is 1. The predicted molar refractivity (Wildman–Crippen MR) is 56.4 cm³/mol. The van der Waals surface area contributed by atoms with Crippen LogP contribution in [0.5, 0.6) is 5.75 Å². The lowest BCUT2D eigenvalue weighted by Crippen LogP contribution is -1.97. The first-order valence-electron chi connectivity index (χ1n) is 4.49. The first kappa shape index (κ1) is 11.1. The number of hydrogen-bond donors (Lipinski definition) is 1. The lowest BCUT2D eigenvalue weighted by Gasteiger charge is -1.97. The Kier molecular flexibility index (Phi) is 3.75. The smallest absolute Gasteiger partial charge is 0.317 e. The molecule has 0 aromatic heterocycles. The van der Waals surface area contributed by atoms with Crippen molar-refractivity contribution < 1.29 is 14.6 Å². The zero-order chi connectivity index (χ0) is 11.3. The zero-order valence-corrected chi connectivity index (χ0v) is 8.70. The normalized spacial score (nSPS) is 8.93. The van der Waals surface area contributed by atoms with Crippen molar-refractivity contribution in [3.8, 4) is 17.6 Å². The van der Waals surface area contributed by atoms with E-state index in [1.807, 2.05) is 13.0 Å². The maximum atomic E-state index is 10.8. The highest BCUT2D eigenvalue weighted by atomic mass is 16.5. The third-order valence-corrected chi connectivity index (χ3v) is 1.84. The molecule has 0 unspecified atom stereocenters. The Morgan fingerprint density at radius 2 is 2.27 bits per heavy atom. The fourth-order valence-electron chi connectivity index (χ4n) is 1.03. The van der Waals surface area contributed by atoms with Crippen LogP contribution in [0.25, 0.3) is 0 Å². The molecule has 1 N–H and O–H groups in total. The molecule has 3 heteroatoms. The SMILES string of the molecule is COC(=O)CC#Cc1ccc(C)cc1O. The number of esters is 1. The van der Waals surface area contributed by atoms with Gasteiger partial charge in [-0.15, -0.1) is 0 Å². The first-order chi connectivity index (χ1) is 7.13. The van der Waals surface area contributed by atoms with E-state index in [1.165, 1.54) is 7.11 Å². The number of benzene rings is 1. The molecule has 0 aliphatic rings. The van der Waals surface area contributed by atoms with Crippen LogP contribution in [0.1, 0.15) is 17.5 Å². The molecule has 15 heavy (non-hydrogen) atoms. The predicted octanol–water partition coefficient (Wildman–Crippen LogP) is 1.62. The van der Waals surface area contributed by atoms with E-state index in [0.29, 0.717) is 5.56 Å². The van der Waals surface area contributed by atoms with E-state index in [0.717, 1.165) is 5.56 Å². The molecule has 3 nitrogen and oxygen atoms in total. The minimum atomic E-state index is -0.380. The Morgan fingerprint density at radius 3 is 2.87 bits per heavy atom. The minimum absolute atomic E-state index is 0.0316. The van der Waals surface area contributed by atoms with Crippen molar-refractivity contribution in [2.45, 2.75) is 13.3 Å². The molecule has 0 fully saturated rings. The summed E-state index contributed by atoms with van der Waals surface area (Å²) in [5.41, 5.74) is 1.48. The van der Waals surface area contributed by atoms with E-state index in [-0.39, 0.29) is 18.1 Å². The monoisotopic (exact) mass is 204 g/mol. The van der Waals surface area contributed by atoms with Crippen LogP contribution in [-0.4, -0.2) is 18.2 Å². The van der Waals surface area contributed by atoms with Crippen molar-refractivity contribution in [2.75, 3.05) is 7.11 Å². The molecule has 0 aliphatic heterocycles. The number of aryl methyl sites for hydroxylation is 1. The molecule has 0 saturated carbocycles. The van der Waals surface area contributed by atoms with Gasteiger partial charge in [0, 0.05) is 0 Å².